The maximum Gasteiger partial charge on any atom is 0.303 e. The van der Waals surface area contributed by atoms with E-state index in [4.69, 9.17) is 28.3 Å². The quantitative estimate of drug-likeness (QED) is 0.0538. The normalized spacial score (nSPS) is 17.6. The first-order chi connectivity index (χ1) is 24.3. The van der Waals surface area contributed by atoms with E-state index in [1.165, 1.54) is 0 Å². The Bertz CT molecular complexity index is 1370. The number of benzene rings is 1. The summed E-state index contributed by atoms with van der Waals surface area (Å²) >= 11 is 0. The van der Waals surface area contributed by atoms with Gasteiger partial charge in [0.1, 0.15) is 24.0 Å². The van der Waals surface area contributed by atoms with Crippen molar-refractivity contribution in [2.24, 2.45) is 45.7 Å². The van der Waals surface area contributed by atoms with Gasteiger partial charge in [-0.05, 0) is 62.3 Å². The van der Waals surface area contributed by atoms with E-state index >= 15 is 0 Å². The van der Waals surface area contributed by atoms with E-state index < -0.39 is 54.2 Å². The van der Waals surface area contributed by atoms with Crippen molar-refractivity contribution in [1.82, 2.24) is 16.0 Å². The Labute approximate surface area is 300 Å². The van der Waals surface area contributed by atoms with Crippen molar-refractivity contribution in [3.63, 3.8) is 0 Å². The number of carboxylic acid groups (broad SMARTS) is 1. The zero-order valence-electron chi connectivity index (χ0n) is 29.5. The minimum Gasteiger partial charge on any atom is -0.481 e. The highest BCUT2D eigenvalue weighted by Gasteiger charge is 2.34. The number of hydrogen-bond donors (Lipinski definition) is 9. The van der Waals surface area contributed by atoms with E-state index in [9.17, 15) is 29.1 Å². The molecule has 282 valence electrons. The zero-order chi connectivity index (χ0) is 37.3. The van der Waals surface area contributed by atoms with Gasteiger partial charge in [0.05, 0.1) is 0 Å². The van der Waals surface area contributed by atoms with E-state index in [0.29, 0.717) is 24.8 Å². The number of nitrogen functional groups attached to an aromatic ring is 1. The summed E-state index contributed by atoms with van der Waals surface area (Å²) in [7, 11) is 0. The standard InChI is InChI=1S/C36H57N9O6/c37-31(38)25-15-13-23(14-16-25)20-26(24-10-5-2-6-11-24)33(49)43-28(17-18-30(46)47)35(51)44-27(12-7-19-42-36(40)41)34(50)45-29(32(39)48)21-22-8-3-1-4-9-22/h13-16,22,24,26-29H,1-12,17-21H2,(H3,37,38)(H2,39,48)(H,43,49)(H,44,51)(H,45,50)(H,46,47)(H4,40,41,42)/t26-,27?,28?,29-/m0/s1. The number of nitrogens with one attached hydrogen (secondary N) is 4. The summed E-state index contributed by atoms with van der Waals surface area (Å²) < 4.78 is 0. The first-order valence-electron chi connectivity index (χ1n) is 18.2. The highest BCUT2D eigenvalue weighted by atomic mass is 16.4. The van der Waals surface area contributed by atoms with Crippen molar-refractivity contribution < 1.29 is 29.1 Å². The molecule has 0 aliphatic heterocycles. The molecule has 0 aromatic heterocycles. The van der Waals surface area contributed by atoms with Gasteiger partial charge in [-0.2, -0.15) is 0 Å². The van der Waals surface area contributed by atoms with Crippen molar-refractivity contribution in [1.29, 1.82) is 5.41 Å². The maximum absolute atomic E-state index is 14.0. The number of hydrogen-bond acceptors (Lipinski definition) is 7. The lowest BCUT2D eigenvalue weighted by Gasteiger charge is -2.31. The maximum atomic E-state index is 14.0. The van der Waals surface area contributed by atoms with Crippen molar-refractivity contribution in [3.05, 3.63) is 35.4 Å². The van der Waals surface area contributed by atoms with Gasteiger partial charge in [-0.15, -0.1) is 0 Å². The monoisotopic (exact) mass is 711 g/mol. The number of rotatable bonds is 20. The van der Waals surface area contributed by atoms with Crippen LogP contribution in [-0.4, -0.2) is 71.2 Å². The Morgan fingerprint density at radius 2 is 1.31 bits per heavy atom. The third-order valence-electron chi connectivity index (χ3n) is 10.1. The summed E-state index contributed by atoms with van der Waals surface area (Å²) in [5.41, 5.74) is 23.6. The van der Waals surface area contributed by atoms with Crippen molar-refractivity contribution >= 4 is 41.4 Å². The first-order valence-corrected chi connectivity index (χ1v) is 18.2. The van der Waals surface area contributed by atoms with Crippen molar-refractivity contribution in [2.75, 3.05) is 6.54 Å². The summed E-state index contributed by atoms with van der Waals surface area (Å²) in [5, 5.41) is 25.4. The summed E-state index contributed by atoms with van der Waals surface area (Å²) in [6.45, 7) is 0.180. The van der Waals surface area contributed by atoms with Gasteiger partial charge in [-0.25, -0.2) is 0 Å². The average Bonchev–Trinajstić information content (AvgIpc) is 3.10. The van der Waals surface area contributed by atoms with E-state index in [-0.39, 0.29) is 48.9 Å². The van der Waals surface area contributed by atoms with E-state index in [1.807, 2.05) is 12.1 Å². The minimum atomic E-state index is -1.25. The van der Waals surface area contributed by atoms with Crippen LogP contribution in [-0.2, 0) is 30.4 Å². The third kappa shape index (κ3) is 14.2. The number of aliphatic carboxylic acids is 1. The van der Waals surface area contributed by atoms with Crippen molar-refractivity contribution in [3.8, 4) is 0 Å². The Morgan fingerprint density at radius 3 is 1.86 bits per heavy atom. The molecule has 1 aromatic carbocycles. The second-order valence-corrected chi connectivity index (χ2v) is 14.0. The molecule has 2 unspecified atom stereocenters. The molecule has 0 heterocycles. The van der Waals surface area contributed by atoms with Crippen LogP contribution >= 0.6 is 0 Å². The zero-order valence-corrected chi connectivity index (χ0v) is 29.5. The van der Waals surface area contributed by atoms with Crippen LogP contribution in [0.3, 0.4) is 0 Å². The van der Waals surface area contributed by atoms with Crippen LogP contribution in [0.5, 0.6) is 0 Å². The highest BCUT2D eigenvalue weighted by Crippen LogP contribution is 2.33. The molecular weight excluding hydrogens is 654 g/mol. The Hall–Kier alpha value is -4.69. The summed E-state index contributed by atoms with van der Waals surface area (Å²) in [5.74, 6) is -3.92. The molecule has 15 heteroatoms. The smallest absolute Gasteiger partial charge is 0.303 e. The molecule has 2 aliphatic carbocycles. The molecule has 4 amide bonds. The molecule has 4 atom stereocenters. The second-order valence-electron chi connectivity index (χ2n) is 14.0. The van der Waals surface area contributed by atoms with Crippen LogP contribution in [0.4, 0.5) is 0 Å². The number of amides is 4. The van der Waals surface area contributed by atoms with Gasteiger partial charge in [0, 0.05) is 24.4 Å². The number of amidine groups is 1. The largest absolute Gasteiger partial charge is 0.481 e. The third-order valence-corrected chi connectivity index (χ3v) is 10.1. The average molecular weight is 712 g/mol. The minimum absolute atomic E-state index is 0.0541. The lowest BCUT2D eigenvalue weighted by Crippen LogP contribution is -2.57. The summed E-state index contributed by atoms with van der Waals surface area (Å²) in [4.78, 5) is 69.5. The van der Waals surface area contributed by atoms with E-state index in [1.54, 1.807) is 12.1 Å². The number of carbonyl (C=O) groups is 5. The van der Waals surface area contributed by atoms with Gasteiger partial charge in [-0.1, -0.05) is 75.6 Å². The second kappa shape index (κ2) is 20.9. The van der Waals surface area contributed by atoms with Crippen LogP contribution in [0.25, 0.3) is 0 Å². The topological polar surface area (TPSA) is 282 Å². The van der Waals surface area contributed by atoms with Crippen LogP contribution < -0.4 is 38.9 Å². The number of guanidine groups is 1. The van der Waals surface area contributed by atoms with E-state index in [2.05, 4.69) is 20.9 Å². The molecule has 51 heavy (non-hydrogen) atoms. The van der Waals surface area contributed by atoms with Gasteiger partial charge < -0.3 is 44.0 Å². The molecular formula is C36H57N9O6. The van der Waals surface area contributed by atoms with Gasteiger partial charge in [0.25, 0.3) is 0 Å². The summed E-state index contributed by atoms with van der Waals surface area (Å²) in [6, 6.07) is 3.79. The number of nitrogens with two attached hydrogens (primary N) is 4. The SMILES string of the molecule is N=C(N)c1ccc(C[C@H](C(=O)NC(CCC(=O)O)C(=O)NC(CCCN=C(N)N)C(=O)N[C@@H](CC2CCCCC2)C(N)=O)C2CCCCC2)cc1. The van der Waals surface area contributed by atoms with E-state index in [0.717, 1.165) is 69.8 Å². The molecule has 2 fully saturated rings. The number of primary amides is 1. The van der Waals surface area contributed by atoms with Crippen LogP contribution in [0.1, 0.15) is 107 Å². The number of carboxylic acids is 1. The Morgan fingerprint density at radius 1 is 0.765 bits per heavy atom. The Kier molecular flexibility index (Phi) is 16.7. The summed E-state index contributed by atoms with van der Waals surface area (Å²) in [6.07, 6.45) is 10.4. The fourth-order valence-corrected chi connectivity index (χ4v) is 7.22. The molecule has 15 nitrogen and oxygen atoms in total. The molecule has 0 saturated heterocycles. The van der Waals surface area contributed by atoms with Crippen LogP contribution in [0.2, 0.25) is 0 Å². The molecule has 2 saturated carbocycles. The number of nitrogens with zero attached hydrogens (tertiary/aromatic N) is 1. The van der Waals surface area contributed by atoms with Crippen LogP contribution in [0, 0.1) is 23.2 Å². The van der Waals surface area contributed by atoms with Gasteiger partial charge >= 0.3 is 5.97 Å². The molecule has 0 bridgehead atoms. The fraction of sp³-hybridized carbons (Fsp3) is 0.639. The van der Waals surface area contributed by atoms with Gasteiger partial charge in [-0.3, -0.25) is 34.4 Å². The predicted molar refractivity (Wildman–Crippen MR) is 194 cm³/mol. The molecule has 13 N–H and O–H groups in total. The lowest BCUT2D eigenvalue weighted by atomic mass is 9.76. The molecule has 1 aromatic rings. The van der Waals surface area contributed by atoms with Crippen molar-refractivity contribution in [2.45, 2.75) is 121 Å². The highest BCUT2D eigenvalue weighted by molar-refractivity contribution is 5.95. The van der Waals surface area contributed by atoms with Gasteiger partial charge in [0.15, 0.2) is 5.96 Å². The fourth-order valence-electron chi connectivity index (χ4n) is 7.22. The molecule has 2 aliphatic rings. The Balaban J connectivity index is 1.81. The number of carbonyl (C=O) groups excluding carboxylic acids is 4. The molecule has 0 radical (unpaired) electrons. The first kappa shape index (κ1) is 40.7. The van der Waals surface area contributed by atoms with Gasteiger partial charge in [0.2, 0.25) is 23.6 Å². The molecule has 3 rings (SSSR count). The van der Waals surface area contributed by atoms with Crippen LogP contribution in [0.15, 0.2) is 29.3 Å². The molecule has 0 spiro atoms. The predicted octanol–water partition coefficient (Wildman–Crippen LogP) is 1.54. The number of aliphatic imine (C=N–C) groups is 1. The lowest BCUT2D eigenvalue weighted by molar-refractivity contribution is -0.139.